The Morgan fingerprint density at radius 2 is 2.10 bits per heavy atom. The van der Waals surface area contributed by atoms with Crippen molar-refractivity contribution >= 4 is 17.8 Å². The predicted octanol–water partition coefficient (Wildman–Crippen LogP) is -0.476. The quantitative estimate of drug-likeness (QED) is 0.622. The highest BCUT2D eigenvalue weighted by Gasteiger charge is 2.24. The first-order chi connectivity index (χ1) is 9.38. The SMILES string of the molecule is CCc1cc(C(=O)NC(CC(N)=O)C(=O)O)n(CC)n1. The van der Waals surface area contributed by atoms with Crippen molar-refractivity contribution in [3.8, 4) is 0 Å². The molecule has 2 amide bonds. The molecule has 1 heterocycles. The molecule has 0 saturated carbocycles. The van der Waals surface area contributed by atoms with Crippen LogP contribution in [0.3, 0.4) is 0 Å². The van der Waals surface area contributed by atoms with E-state index in [-0.39, 0.29) is 5.69 Å². The number of carbonyl (C=O) groups excluding carboxylic acids is 2. The lowest BCUT2D eigenvalue weighted by Crippen LogP contribution is -2.43. The van der Waals surface area contributed by atoms with E-state index in [0.29, 0.717) is 13.0 Å². The molecule has 4 N–H and O–H groups in total. The third kappa shape index (κ3) is 3.81. The molecule has 1 atom stereocenters. The van der Waals surface area contributed by atoms with Gasteiger partial charge in [0.15, 0.2) is 0 Å². The summed E-state index contributed by atoms with van der Waals surface area (Å²) in [7, 11) is 0. The normalized spacial score (nSPS) is 11.9. The summed E-state index contributed by atoms with van der Waals surface area (Å²) < 4.78 is 1.48. The van der Waals surface area contributed by atoms with Crippen LogP contribution >= 0.6 is 0 Å². The van der Waals surface area contributed by atoms with Gasteiger partial charge in [0.05, 0.1) is 12.1 Å². The largest absolute Gasteiger partial charge is 0.480 e. The van der Waals surface area contributed by atoms with E-state index in [4.69, 9.17) is 10.8 Å². The number of carboxylic acid groups (broad SMARTS) is 1. The van der Waals surface area contributed by atoms with E-state index in [0.717, 1.165) is 5.69 Å². The minimum absolute atomic E-state index is 0.264. The van der Waals surface area contributed by atoms with E-state index in [9.17, 15) is 14.4 Å². The summed E-state index contributed by atoms with van der Waals surface area (Å²) in [5.74, 6) is -2.70. The molecule has 0 aliphatic heterocycles. The van der Waals surface area contributed by atoms with Crippen molar-refractivity contribution in [3.63, 3.8) is 0 Å². The van der Waals surface area contributed by atoms with Crippen LogP contribution in [0.2, 0.25) is 0 Å². The number of primary amides is 1. The summed E-state index contributed by atoms with van der Waals surface area (Å²) in [4.78, 5) is 33.8. The van der Waals surface area contributed by atoms with Gasteiger partial charge < -0.3 is 16.2 Å². The summed E-state index contributed by atoms with van der Waals surface area (Å²) in [5.41, 5.74) is 5.96. The summed E-state index contributed by atoms with van der Waals surface area (Å²) in [6.07, 6.45) is 0.207. The van der Waals surface area contributed by atoms with Crippen LogP contribution < -0.4 is 11.1 Å². The number of nitrogens with zero attached hydrogens (tertiary/aromatic N) is 2. The molecule has 20 heavy (non-hydrogen) atoms. The lowest BCUT2D eigenvalue weighted by molar-refractivity contribution is -0.140. The highest BCUT2D eigenvalue weighted by atomic mass is 16.4. The monoisotopic (exact) mass is 282 g/mol. The zero-order valence-corrected chi connectivity index (χ0v) is 11.4. The average molecular weight is 282 g/mol. The van der Waals surface area contributed by atoms with E-state index in [1.165, 1.54) is 4.68 Å². The van der Waals surface area contributed by atoms with Crippen LogP contribution in [0.25, 0.3) is 0 Å². The van der Waals surface area contributed by atoms with Gasteiger partial charge in [-0.15, -0.1) is 0 Å². The zero-order chi connectivity index (χ0) is 15.3. The van der Waals surface area contributed by atoms with Gasteiger partial charge in [-0.2, -0.15) is 5.10 Å². The number of rotatable bonds is 7. The Hall–Kier alpha value is -2.38. The Labute approximate surface area is 115 Å². The summed E-state index contributed by atoms with van der Waals surface area (Å²) >= 11 is 0. The van der Waals surface area contributed by atoms with Crippen molar-refractivity contribution < 1.29 is 19.5 Å². The standard InChI is InChI=1S/C12H18N4O4/c1-3-7-5-9(16(4-2)15-7)11(18)14-8(12(19)20)6-10(13)17/h5,8H,3-4,6H2,1-2H3,(H2,13,17)(H,14,18)(H,19,20). The molecule has 110 valence electrons. The average Bonchev–Trinajstić information content (AvgIpc) is 2.80. The van der Waals surface area contributed by atoms with Gasteiger partial charge in [0, 0.05) is 6.54 Å². The number of amides is 2. The molecule has 0 saturated heterocycles. The van der Waals surface area contributed by atoms with Gasteiger partial charge in [0.25, 0.3) is 5.91 Å². The molecular formula is C12H18N4O4. The molecule has 0 aliphatic carbocycles. The number of aromatic nitrogens is 2. The molecule has 0 radical (unpaired) electrons. The van der Waals surface area contributed by atoms with Crippen LogP contribution in [-0.4, -0.2) is 38.7 Å². The topological polar surface area (TPSA) is 127 Å². The first kappa shape index (κ1) is 15.7. The fraction of sp³-hybridized carbons (Fsp3) is 0.500. The van der Waals surface area contributed by atoms with Gasteiger partial charge in [-0.3, -0.25) is 14.3 Å². The number of carboxylic acids is 1. The second-order valence-corrected chi connectivity index (χ2v) is 4.22. The maximum atomic E-state index is 12.1. The van der Waals surface area contributed by atoms with Gasteiger partial charge in [-0.25, -0.2) is 4.79 Å². The summed E-state index contributed by atoms with van der Waals surface area (Å²) in [5, 5.41) is 15.4. The number of nitrogens with one attached hydrogen (secondary N) is 1. The van der Waals surface area contributed by atoms with Crippen molar-refractivity contribution in [1.29, 1.82) is 0 Å². The number of hydrogen-bond donors (Lipinski definition) is 3. The number of aryl methyl sites for hydroxylation is 2. The van der Waals surface area contributed by atoms with Gasteiger partial charge >= 0.3 is 5.97 Å². The summed E-state index contributed by atoms with van der Waals surface area (Å²) in [6.45, 7) is 4.20. The van der Waals surface area contributed by atoms with Crippen LogP contribution in [0.5, 0.6) is 0 Å². The smallest absolute Gasteiger partial charge is 0.326 e. The third-order valence-electron chi connectivity index (χ3n) is 2.73. The molecule has 0 aromatic carbocycles. The third-order valence-corrected chi connectivity index (χ3v) is 2.73. The molecule has 8 nitrogen and oxygen atoms in total. The Kier molecular flexibility index (Phi) is 5.24. The molecule has 1 rings (SSSR count). The maximum absolute atomic E-state index is 12.1. The van der Waals surface area contributed by atoms with Crippen molar-refractivity contribution in [1.82, 2.24) is 15.1 Å². The second kappa shape index (κ2) is 6.69. The number of hydrogen-bond acceptors (Lipinski definition) is 4. The highest BCUT2D eigenvalue weighted by molar-refractivity contribution is 5.96. The van der Waals surface area contributed by atoms with E-state index in [2.05, 4.69) is 10.4 Å². The fourth-order valence-corrected chi connectivity index (χ4v) is 1.70. The van der Waals surface area contributed by atoms with E-state index >= 15 is 0 Å². The predicted molar refractivity (Wildman–Crippen MR) is 70.0 cm³/mol. The van der Waals surface area contributed by atoms with Crippen LogP contribution in [0, 0.1) is 0 Å². The van der Waals surface area contributed by atoms with Crippen LogP contribution in [-0.2, 0) is 22.6 Å². The first-order valence-electron chi connectivity index (χ1n) is 6.27. The number of nitrogens with two attached hydrogens (primary N) is 1. The lowest BCUT2D eigenvalue weighted by Gasteiger charge is -2.13. The van der Waals surface area contributed by atoms with E-state index < -0.39 is 30.2 Å². The minimum atomic E-state index is -1.34. The van der Waals surface area contributed by atoms with Gasteiger partial charge in [0.2, 0.25) is 5.91 Å². The number of carbonyl (C=O) groups is 3. The zero-order valence-electron chi connectivity index (χ0n) is 11.4. The van der Waals surface area contributed by atoms with E-state index in [1.807, 2.05) is 13.8 Å². The van der Waals surface area contributed by atoms with Gasteiger partial charge in [-0.1, -0.05) is 6.92 Å². The Balaban J connectivity index is 2.90. The second-order valence-electron chi connectivity index (χ2n) is 4.22. The molecule has 0 spiro atoms. The van der Waals surface area contributed by atoms with Crippen molar-refractivity contribution in [3.05, 3.63) is 17.5 Å². The van der Waals surface area contributed by atoms with E-state index in [1.54, 1.807) is 6.07 Å². The molecule has 1 unspecified atom stereocenters. The fourth-order valence-electron chi connectivity index (χ4n) is 1.70. The minimum Gasteiger partial charge on any atom is -0.480 e. The Morgan fingerprint density at radius 1 is 1.45 bits per heavy atom. The maximum Gasteiger partial charge on any atom is 0.326 e. The molecule has 0 aliphatic rings. The van der Waals surface area contributed by atoms with Crippen LogP contribution in [0.1, 0.15) is 36.5 Å². The molecule has 0 fully saturated rings. The summed E-state index contributed by atoms with van der Waals surface area (Å²) in [6, 6.07) is 0.257. The van der Waals surface area contributed by atoms with Gasteiger partial charge in [0.1, 0.15) is 11.7 Å². The van der Waals surface area contributed by atoms with Crippen molar-refractivity contribution in [2.24, 2.45) is 5.73 Å². The molecular weight excluding hydrogens is 264 g/mol. The molecule has 0 bridgehead atoms. The molecule has 1 aromatic rings. The Bertz CT molecular complexity index is 524. The first-order valence-corrected chi connectivity index (χ1v) is 6.27. The lowest BCUT2D eigenvalue weighted by atomic mass is 10.2. The Morgan fingerprint density at radius 3 is 2.55 bits per heavy atom. The van der Waals surface area contributed by atoms with Crippen LogP contribution in [0.15, 0.2) is 6.07 Å². The van der Waals surface area contributed by atoms with Crippen molar-refractivity contribution in [2.75, 3.05) is 0 Å². The van der Waals surface area contributed by atoms with Crippen molar-refractivity contribution in [2.45, 2.75) is 39.3 Å². The number of aliphatic carboxylic acids is 1. The molecule has 8 heteroatoms. The highest BCUT2D eigenvalue weighted by Crippen LogP contribution is 2.06. The van der Waals surface area contributed by atoms with Crippen LogP contribution in [0.4, 0.5) is 0 Å². The van der Waals surface area contributed by atoms with Gasteiger partial charge in [-0.05, 0) is 19.4 Å². The molecule has 1 aromatic heterocycles.